The molecule has 0 radical (unpaired) electrons. The predicted molar refractivity (Wildman–Crippen MR) is 82.8 cm³/mol. The number of carboxylic acids is 1. The lowest BCUT2D eigenvalue weighted by Crippen LogP contribution is -2.02. The summed E-state index contributed by atoms with van der Waals surface area (Å²) >= 11 is 0. The Bertz CT molecular complexity index is 591. The Hall–Kier alpha value is -2.29. The molecule has 0 aromatic heterocycles. The van der Waals surface area contributed by atoms with Gasteiger partial charge in [-0.25, -0.2) is 4.79 Å². The average molecular weight is 284 g/mol. The van der Waals surface area contributed by atoms with Crippen LogP contribution in [0.5, 0.6) is 5.75 Å². The minimum Gasteiger partial charge on any atom is -0.489 e. The maximum atomic E-state index is 11.1. The van der Waals surface area contributed by atoms with E-state index in [2.05, 4.69) is 6.92 Å². The average Bonchev–Trinajstić information content (AvgIpc) is 2.52. The highest BCUT2D eigenvalue weighted by Crippen LogP contribution is 2.23. The van der Waals surface area contributed by atoms with Crippen molar-refractivity contribution in [2.75, 3.05) is 0 Å². The van der Waals surface area contributed by atoms with Crippen LogP contribution in [0.2, 0.25) is 0 Å². The number of benzene rings is 2. The fourth-order valence-electron chi connectivity index (χ4n) is 2.15. The molecule has 110 valence electrons. The van der Waals surface area contributed by atoms with E-state index < -0.39 is 5.97 Å². The molecule has 2 rings (SSSR count). The zero-order valence-corrected chi connectivity index (χ0v) is 12.2. The van der Waals surface area contributed by atoms with Crippen LogP contribution in [0.1, 0.15) is 41.3 Å². The number of unbranched alkanes of at least 4 members (excludes halogenated alkanes) is 1. The van der Waals surface area contributed by atoms with E-state index in [0.29, 0.717) is 12.2 Å². The van der Waals surface area contributed by atoms with Crippen molar-refractivity contribution in [3.8, 4) is 5.75 Å². The summed E-state index contributed by atoms with van der Waals surface area (Å²) in [6.07, 6.45) is 2.92. The van der Waals surface area contributed by atoms with Crippen molar-refractivity contribution < 1.29 is 14.6 Å². The first-order valence-corrected chi connectivity index (χ1v) is 7.23. The molecule has 0 bridgehead atoms. The number of carbonyl (C=O) groups is 1. The number of hydrogen-bond donors (Lipinski definition) is 1. The van der Waals surface area contributed by atoms with Gasteiger partial charge in [-0.2, -0.15) is 0 Å². The first-order chi connectivity index (χ1) is 10.2. The first-order valence-electron chi connectivity index (χ1n) is 7.23. The summed E-state index contributed by atoms with van der Waals surface area (Å²) in [7, 11) is 0. The van der Waals surface area contributed by atoms with Gasteiger partial charge in [0.15, 0.2) is 0 Å². The third kappa shape index (κ3) is 4.35. The minimum absolute atomic E-state index is 0.313. The summed E-state index contributed by atoms with van der Waals surface area (Å²) in [5, 5.41) is 9.09. The zero-order valence-electron chi connectivity index (χ0n) is 12.2. The van der Waals surface area contributed by atoms with Crippen LogP contribution >= 0.6 is 0 Å². The molecule has 0 saturated carbocycles. The van der Waals surface area contributed by atoms with Crippen LogP contribution < -0.4 is 4.74 Å². The normalized spacial score (nSPS) is 10.3. The van der Waals surface area contributed by atoms with Crippen LogP contribution in [0, 0.1) is 0 Å². The van der Waals surface area contributed by atoms with E-state index in [9.17, 15) is 4.79 Å². The largest absolute Gasteiger partial charge is 0.489 e. The summed E-state index contributed by atoms with van der Waals surface area (Å²) in [5.41, 5.74) is 2.38. The fraction of sp³-hybridized carbons (Fsp3) is 0.278. The molecule has 0 atom stereocenters. The molecule has 2 aromatic carbocycles. The predicted octanol–water partition coefficient (Wildman–Crippen LogP) is 4.31. The van der Waals surface area contributed by atoms with Gasteiger partial charge in [0.25, 0.3) is 0 Å². The van der Waals surface area contributed by atoms with Crippen molar-refractivity contribution in [1.29, 1.82) is 0 Å². The van der Waals surface area contributed by atoms with Crippen LogP contribution in [0.4, 0.5) is 0 Å². The van der Waals surface area contributed by atoms with Crippen molar-refractivity contribution in [2.45, 2.75) is 32.8 Å². The van der Waals surface area contributed by atoms with Crippen molar-refractivity contribution in [3.05, 3.63) is 65.2 Å². The molecule has 0 saturated heterocycles. The fourth-order valence-corrected chi connectivity index (χ4v) is 2.15. The number of rotatable bonds is 7. The zero-order chi connectivity index (χ0) is 15.1. The molecule has 0 spiro atoms. The van der Waals surface area contributed by atoms with Crippen LogP contribution in [0.25, 0.3) is 0 Å². The number of carboxylic acid groups (broad SMARTS) is 1. The van der Waals surface area contributed by atoms with Gasteiger partial charge in [-0.05, 0) is 42.2 Å². The Morgan fingerprint density at radius 2 is 1.90 bits per heavy atom. The second kappa shape index (κ2) is 7.48. The lowest BCUT2D eigenvalue weighted by atomic mass is 10.0. The van der Waals surface area contributed by atoms with Gasteiger partial charge in [0.05, 0.1) is 5.56 Å². The Balaban J connectivity index is 2.14. The van der Waals surface area contributed by atoms with Gasteiger partial charge >= 0.3 is 5.97 Å². The van der Waals surface area contributed by atoms with E-state index in [1.807, 2.05) is 30.3 Å². The van der Waals surface area contributed by atoms with Gasteiger partial charge in [0, 0.05) is 0 Å². The molecule has 0 unspecified atom stereocenters. The molecule has 1 N–H and O–H groups in total. The quantitative estimate of drug-likeness (QED) is 0.824. The molecule has 0 aliphatic heterocycles. The van der Waals surface area contributed by atoms with Crippen LogP contribution in [0.15, 0.2) is 48.5 Å². The Morgan fingerprint density at radius 1 is 1.14 bits per heavy atom. The third-order valence-corrected chi connectivity index (χ3v) is 3.34. The lowest BCUT2D eigenvalue weighted by molar-refractivity contribution is 0.0696. The number of hydrogen-bond acceptors (Lipinski definition) is 2. The summed E-state index contributed by atoms with van der Waals surface area (Å²) in [5.74, 6) is -0.125. The summed E-state index contributed by atoms with van der Waals surface area (Å²) in [6, 6.07) is 15.0. The van der Waals surface area contributed by atoms with E-state index in [1.165, 1.54) is 0 Å². The minimum atomic E-state index is -0.901. The highest BCUT2D eigenvalue weighted by Gasteiger charge is 2.09. The monoisotopic (exact) mass is 284 g/mol. The van der Waals surface area contributed by atoms with Gasteiger partial charge in [0.1, 0.15) is 12.4 Å². The maximum Gasteiger partial charge on any atom is 0.335 e. The molecule has 2 aromatic rings. The molecule has 0 fully saturated rings. The summed E-state index contributed by atoms with van der Waals surface area (Å²) < 4.78 is 5.86. The maximum absolute atomic E-state index is 11.1. The van der Waals surface area contributed by atoms with Crippen molar-refractivity contribution in [1.82, 2.24) is 0 Å². The molecule has 3 nitrogen and oxygen atoms in total. The van der Waals surface area contributed by atoms with Crippen LogP contribution in [-0.2, 0) is 13.0 Å². The molecule has 0 aliphatic carbocycles. The Kier molecular flexibility index (Phi) is 5.38. The second-order valence-corrected chi connectivity index (χ2v) is 5.01. The van der Waals surface area contributed by atoms with Gasteiger partial charge in [-0.3, -0.25) is 0 Å². The van der Waals surface area contributed by atoms with Crippen molar-refractivity contribution >= 4 is 5.97 Å². The lowest BCUT2D eigenvalue weighted by Gasteiger charge is -2.12. The van der Waals surface area contributed by atoms with E-state index in [1.54, 1.807) is 18.2 Å². The molecule has 0 aliphatic rings. The van der Waals surface area contributed by atoms with Gasteiger partial charge in [0.2, 0.25) is 0 Å². The van der Waals surface area contributed by atoms with E-state index >= 15 is 0 Å². The Morgan fingerprint density at radius 3 is 2.57 bits per heavy atom. The SMILES string of the molecule is CCCCc1cc(C(=O)O)ccc1OCc1ccccc1. The number of ether oxygens (including phenoxy) is 1. The van der Waals surface area contributed by atoms with Gasteiger partial charge in [-0.15, -0.1) is 0 Å². The molecule has 3 heteroatoms. The molecule has 0 heterocycles. The number of aromatic carboxylic acids is 1. The van der Waals surface area contributed by atoms with E-state index in [-0.39, 0.29) is 0 Å². The second-order valence-electron chi connectivity index (χ2n) is 5.01. The smallest absolute Gasteiger partial charge is 0.335 e. The summed E-state index contributed by atoms with van der Waals surface area (Å²) in [6.45, 7) is 2.61. The summed E-state index contributed by atoms with van der Waals surface area (Å²) in [4.78, 5) is 11.1. The number of aryl methyl sites for hydroxylation is 1. The van der Waals surface area contributed by atoms with Gasteiger partial charge in [-0.1, -0.05) is 43.7 Å². The molecular formula is C18H20O3. The standard InChI is InChI=1S/C18H20O3/c1-2-3-9-15-12-16(18(19)20)10-11-17(15)21-13-14-7-5-4-6-8-14/h4-8,10-12H,2-3,9,13H2,1H3,(H,19,20). The van der Waals surface area contributed by atoms with Crippen LogP contribution in [-0.4, -0.2) is 11.1 Å². The topological polar surface area (TPSA) is 46.5 Å². The van der Waals surface area contributed by atoms with Gasteiger partial charge < -0.3 is 9.84 Å². The van der Waals surface area contributed by atoms with Crippen molar-refractivity contribution in [2.24, 2.45) is 0 Å². The van der Waals surface area contributed by atoms with Crippen molar-refractivity contribution in [3.63, 3.8) is 0 Å². The molecule has 21 heavy (non-hydrogen) atoms. The third-order valence-electron chi connectivity index (χ3n) is 3.34. The highest BCUT2D eigenvalue weighted by atomic mass is 16.5. The van der Waals surface area contributed by atoms with E-state index in [0.717, 1.165) is 36.1 Å². The van der Waals surface area contributed by atoms with E-state index in [4.69, 9.17) is 9.84 Å². The molecular weight excluding hydrogens is 264 g/mol. The van der Waals surface area contributed by atoms with Crippen LogP contribution in [0.3, 0.4) is 0 Å². The Labute approximate surface area is 125 Å². The highest BCUT2D eigenvalue weighted by molar-refractivity contribution is 5.88. The first kappa shape index (κ1) is 15.1. The molecule has 0 amide bonds.